The van der Waals surface area contributed by atoms with Crippen molar-refractivity contribution in [3.05, 3.63) is 61.5 Å². The van der Waals surface area contributed by atoms with Crippen LogP contribution in [0.2, 0.25) is 10.0 Å². The SMILES string of the molecule is Cc1ccc2oc(=S)n(-c3ccc(Cl)c(Cl)c3)c(=S)c2c1. The second kappa shape index (κ2) is 5.54. The molecule has 0 saturated carbocycles. The Hall–Kier alpha value is -1.20. The van der Waals surface area contributed by atoms with Crippen molar-refractivity contribution in [1.82, 2.24) is 4.57 Å². The van der Waals surface area contributed by atoms with E-state index < -0.39 is 0 Å². The Morgan fingerprint density at radius 2 is 1.76 bits per heavy atom. The minimum Gasteiger partial charge on any atom is -0.431 e. The quantitative estimate of drug-likeness (QED) is 0.478. The van der Waals surface area contributed by atoms with Gasteiger partial charge in [-0.05, 0) is 49.5 Å². The van der Waals surface area contributed by atoms with E-state index in [2.05, 4.69) is 0 Å². The van der Waals surface area contributed by atoms with Gasteiger partial charge in [0, 0.05) is 0 Å². The number of hydrogen-bond donors (Lipinski definition) is 0. The van der Waals surface area contributed by atoms with Gasteiger partial charge in [0.2, 0.25) is 0 Å². The Bertz CT molecular complexity index is 976. The molecular formula is C15H9Cl2NOS2. The van der Waals surface area contributed by atoms with Crippen LogP contribution in [0.5, 0.6) is 0 Å². The van der Waals surface area contributed by atoms with Gasteiger partial charge in [-0.1, -0.05) is 47.0 Å². The number of aryl methyl sites for hydroxylation is 1. The molecule has 0 spiro atoms. The zero-order valence-electron chi connectivity index (χ0n) is 10.9. The van der Waals surface area contributed by atoms with E-state index >= 15 is 0 Å². The molecule has 2 nitrogen and oxygen atoms in total. The summed E-state index contributed by atoms with van der Waals surface area (Å²) in [6.07, 6.45) is 0. The zero-order chi connectivity index (χ0) is 15.1. The summed E-state index contributed by atoms with van der Waals surface area (Å²) in [7, 11) is 0. The summed E-state index contributed by atoms with van der Waals surface area (Å²) in [5, 5.41) is 1.76. The molecule has 0 unspecified atom stereocenters. The van der Waals surface area contributed by atoms with Crippen LogP contribution >= 0.6 is 47.6 Å². The van der Waals surface area contributed by atoms with Crippen LogP contribution in [0.3, 0.4) is 0 Å². The predicted octanol–water partition coefficient (Wildman–Crippen LogP) is 6.30. The van der Waals surface area contributed by atoms with Gasteiger partial charge in [0.1, 0.15) is 10.2 Å². The molecule has 21 heavy (non-hydrogen) atoms. The summed E-state index contributed by atoms with van der Waals surface area (Å²) in [5.41, 5.74) is 2.50. The standard InChI is InChI=1S/C15H9Cl2NOS2/c1-8-2-5-13-10(6-8)14(20)18(15(21)19-13)9-3-4-11(16)12(17)7-9/h2-7H,1H3. The van der Waals surface area contributed by atoms with Crippen LogP contribution in [0.1, 0.15) is 5.56 Å². The highest BCUT2D eigenvalue weighted by Gasteiger charge is 2.08. The topological polar surface area (TPSA) is 18.1 Å². The van der Waals surface area contributed by atoms with Crippen molar-refractivity contribution in [2.24, 2.45) is 0 Å². The molecule has 0 bridgehead atoms. The van der Waals surface area contributed by atoms with Gasteiger partial charge >= 0.3 is 0 Å². The molecule has 0 N–H and O–H groups in total. The van der Waals surface area contributed by atoms with Gasteiger partial charge in [-0.25, -0.2) is 0 Å². The van der Waals surface area contributed by atoms with E-state index in [1.54, 1.807) is 22.8 Å². The van der Waals surface area contributed by atoms with Crippen molar-refractivity contribution in [3.8, 4) is 5.69 Å². The van der Waals surface area contributed by atoms with Crippen molar-refractivity contribution < 1.29 is 4.42 Å². The molecule has 0 saturated heterocycles. The van der Waals surface area contributed by atoms with Crippen molar-refractivity contribution >= 4 is 58.6 Å². The first-order chi connectivity index (χ1) is 9.97. The number of aromatic nitrogens is 1. The Morgan fingerprint density at radius 1 is 1.00 bits per heavy atom. The number of fused-ring (bicyclic) bond motifs is 1. The van der Waals surface area contributed by atoms with Gasteiger partial charge in [0.15, 0.2) is 0 Å². The molecule has 6 heteroatoms. The van der Waals surface area contributed by atoms with Crippen molar-refractivity contribution in [2.75, 3.05) is 0 Å². The normalized spacial score (nSPS) is 11.0. The molecule has 0 aliphatic carbocycles. The second-order valence-corrected chi connectivity index (χ2v) is 6.16. The highest BCUT2D eigenvalue weighted by atomic mass is 35.5. The van der Waals surface area contributed by atoms with Crippen LogP contribution < -0.4 is 0 Å². The largest absolute Gasteiger partial charge is 0.431 e. The summed E-state index contributed by atoms with van der Waals surface area (Å²) in [5.74, 6) is 0. The van der Waals surface area contributed by atoms with Gasteiger partial charge in [-0.15, -0.1) is 0 Å². The molecule has 0 radical (unpaired) electrons. The lowest BCUT2D eigenvalue weighted by molar-refractivity contribution is 0.537. The molecular weight excluding hydrogens is 345 g/mol. The van der Waals surface area contributed by atoms with E-state index in [1.165, 1.54) is 0 Å². The Balaban J connectivity index is 2.39. The molecule has 106 valence electrons. The average molecular weight is 354 g/mol. The van der Waals surface area contributed by atoms with Crippen LogP contribution in [0.25, 0.3) is 16.7 Å². The molecule has 1 heterocycles. The Labute approximate surface area is 141 Å². The number of hydrogen-bond acceptors (Lipinski definition) is 3. The number of halogens is 2. The maximum absolute atomic E-state index is 6.07. The Kier molecular flexibility index (Phi) is 3.88. The summed E-state index contributed by atoms with van der Waals surface area (Å²) in [6, 6.07) is 11.0. The summed E-state index contributed by atoms with van der Waals surface area (Å²) in [4.78, 5) is 0.273. The zero-order valence-corrected chi connectivity index (χ0v) is 14.0. The van der Waals surface area contributed by atoms with Crippen LogP contribution in [0.15, 0.2) is 40.8 Å². The number of nitrogens with zero attached hydrogens (tertiary/aromatic N) is 1. The minimum atomic E-state index is 0.273. The molecule has 3 aromatic rings. The molecule has 0 amide bonds. The van der Waals surface area contributed by atoms with Gasteiger partial charge in [0.25, 0.3) is 4.84 Å². The summed E-state index contributed by atoms with van der Waals surface area (Å²) in [6.45, 7) is 2.00. The third kappa shape index (κ3) is 2.64. The third-order valence-corrected chi connectivity index (χ3v) is 4.52. The molecule has 0 atom stereocenters. The van der Waals surface area contributed by atoms with Crippen molar-refractivity contribution in [1.29, 1.82) is 0 Å². The van der Waals surface area contributed by atoms with Crippen LogP contribution in [-0.4, -0.2) is 4.57 Å². The van der Waals surface area contributed by atoms with Crippen LogP contribution in [0.4, 0.5) is 0 Å². The lowest BCUT2D eigenvalue weighted by Gasteiger charge is -2.10. The first kappa shape index (κ1) is 14.7. The fourth-order valence-corrected chi connectivity index (χ4v) is 3.07. The summed E-state index contributed by atoms with van der Waals surface area (Å²) >= 11 is 22.9. The second-order valence-electron chi connectivity index (χ2n) is 4.61. The lowest BCUT2D eigenvalue weighted by Crippen LogP contribution is -1.99. The fraction of sp³-hybridized carbons (Fsp3) is 0.0667. The average Bonchev–Trinajstić information content (AvgIpc) is 2.44. The first-order valence-corrected chi connectivity index (χ1v) is 7.66. The van der Waals surface area contributed by atoms with E-state index in [0.29, 0.717) is 20.3 Å². The molecule has 1 aromatic heterocycles. The predicted molar refractivity (Wildman–Crippen MR) is 92.0 cm³/mol. The first-order valence-electron chi connectivity index (χ1n) is 6.09. The van der Waals surface area contributed by atoms with Crippen molar-refractivity contribution in [2.45, 2.75) is 6.92 Å². The van der Waals surface area contributed by atoms with Gasteiger partial charge in [-0.3, -0.25) is 4.57 Å². The van der Waals surface area contributed by atoms with Gasteiger partial charge in [0.05, 0.1) is 21.1 Å². The number of benzene rings is 2. The molecule has 2 aromatic carbocycles. The minimum absolute atomic E-state index is 0.273. The van der Waals surface area contributed by atoms with Gasteiger partial charge < -0.3 is 4.42 Å². The monoisotopic (exact) mass is 353 g/mol. The van der Waals surface area contributed by atoms with Gasteiger partial charge in [-0.2, -0.15) is 0 Å². The van der Waals surface area contributed by atoms with E-state index in [9.17, 15) is 0 Å². The fourth-order valence-electron chi connectivity index (χ4n) is 2.09. The summed E-state index contributed by atoms with van der Waals surface area (Å²) < 4.78 is 7.95. The molecule has 0 fully saturated rings. The van der Waals surface area contributed by atoms with E-state index in [0.717, 1.165) is 16.6 Å². The molecule has 3 rings (SSSR count). The van der Waals surface area contributed by atoms with E-state index in [4.69, 9.17) is 52.1 Å². The lowest BCUT2D eigenvalue weighted by atomic mass is 10.2. The maximum atomic E-state index is 6.07. The Morgan fingerprint density at radius 3 is 2.48 bits per heavy atom. The van der Waals surface area contributed by atoms with Crippen LogP contribution in [0, 0.1) is 16.4 Å². The highest BCUT2D eigenvalue weighted by molar-refractivity contribution is 7.72. The highest BCUT2D eigenvalue weighted by Crippen LogP contribution is 2.27. The molecule has 0 aliphatic heterocycles. The van der Waals surface area contributed by atoms with Crippen LogP contribution in [-0.2, 0) is 0 Å². The smallest absolute Gasteiger partial charge is 0.274 e. The molecule has 0 aliphatic rings. The third-order valence-electron chi connectivity index (χ3n) is 3.11. The number of rotatable bonds is 1. The van der Waals surface area contributed by atoms with E-state index in [-0.39, 0.29) is 4.84 Å². The maximum Gasteiger partial charge on any atom is 0.274 e. The van der Waals surface area contributed by atoms with Crippen molar-refractivity contribution in [3.63, 3.8) is 0 Å². The van der Waals surface area contributed by atoms with E-state index in [1.807, 2.05) is 25.1 Å².